The molecule has 0 fully saturated rings. The molecule has 0 saturated heterocycles. The van der Waals surface area contributed by atoms with Crippen LogP contribution in [0.3, 0.4) is 0 Å². The highest BCUT2D eigenvalue weighted by molar-refractivity contribution is 7.99. The first kappa shape index (κ1) is 20.3. The van der Waals surface area contributed by atoms with Crippen molar-refractivity contribution < 1.29 is 9.53 Å². The summed E-state index contributed by atoms with van der Waals surface area (Å²) in [6.07, 6.45) is 4.40. The van der Waals surface area contributed by atoms with Crippen molar-refractivity contribution in [2.45, 2.75) is 25.0 Å². The van der Waals surface area contributed by atoms with E-state index in [0.29, 0.717) is 10.3 Å². The Morgan fingerprint density at radius 2 is 2.07 bits per heavy atom. The van der Waals surface area contributed by atoms with Gasteiger partial charge in [-0.3, -0.25) is 9.78 Å². The molecule has 154 valence electrons. The number of carbonyl (C=O) groups is 1. The van der Waals surface area contributed by atoms with Gasteiger partial charge >= 0.3 is 0 Å². The van der Waals surface area contributed by atoms with Gasteiger partial charge in [0.05, 0.1) is 23.1 Å². The predicted molar refractivity (Wildman–Crippen MR) is 119 cm³/mol. The number of amides is 1. The lowest BCUT2D eigenvalue weighted by atomic mass is 10.2. The van der Waals surface area contributed by atoms with Gasteiger partial charge < -0.3 is 14.6 Å². The van der Waals surface area contributed by atoms with E-state index in [1.54, 1.807) is 19.5 Å². The normalized spacial score (nSPS) is 11.0. The summed E-state index contributed by atoms with van der Waals surface area (Å²) in [6.45, 7) is 2.87. The maximum atomic E-state index is 12.5. The molecular weight excluding hydrogens is 420 g/mol. The second-order valence-electron chi connectivity index (χ2n) is 6.38. The number of thioether (sulfide) groups is 1. The lowest BCUT2D eigenvalue weighted by Gasteiger charge is -2.08. The number of hydrogen-bond acceptors (Lipinski definition) is 8. The highest BCUT2D eigenvalue weighted by Gasteiger charge is 2.16. The fraction of sp³-hybridized carbons (Fsp3) is 0.250. The SMILES string of the molecule is CCCn1c(SCC(=O)Nc2nc3ccc(OC)cc3s2)nnc1-c1ccncc1. The first-order valence-corrected chi connectivity index (χ1v) is 11.2. The average Bonchev–Trinajstić information content (AvgIpc) is 3.35. The number of carbonyl (C=O) groups excluding carboxylic acids is 1. The maximum absolute atomic E-state index is 12.5. The van der Waals surface area contributed by atoms with Gasteiger partial charge in [-0.25, -0.2) is 4.98 Å². The van der Waals surface area contributed by atoms with Gasteiger partial charge in [0.1, 0.15) is 5.75 Å². The predicted octanol–water partition coefficient (Wildman–Crippen LogP) is 4.10. The minimum absolute atomic E-state index is 0.137. The molecule has 0 aliphatic rings. The molecule has 3 heterocycles. The van der Waals surface area contributed by atoms with Crippen LogP contribution in [0.5, 0.6) is 5.75 Å². The number of nitrogens with zero attached hydrogens (tertiary/aromatic N) is 5. The Labute approximate surface area is 181 Å². The number of methoxy groups -OCH3 is 1. The Balaban J connectivity index is 1.44. The number of nitrogens with one attached hydrogen (secondary N) is 1. The third-order valence-electron chi connectivity index (χ3n) is 4.28. The molecule has 3 aromatic heterocycles. The Morgan fingerprint density at radius 1 is 1.23 bits per heavy atom. The highest BCUT2D eigenvalue weighted by atomic mass is 32.2. The molecular formula is C20H20N6O2S2. The quantitative estimate of drug-likeness (QED) is 0.412. The summed E-state index contributed by atoms with van der Waals surface area (Å²) in [5.74, 6) is 1.63. The summed E-state index contributed by atoms with van der Waals surface area (Å²) in [4.78, 5) is 21.0. The first-order valence-electron chi connectivity index (χ1n) is 9.38. The Kier molecular flexibility index (Phi) is 6.24. The van der Waals surface area contributed by atoms with Gasteiger partial charge in [0, 0.05) is 24.5 Å². The van der Waals surface area contributed by atoms with Gasteiger partial charge in [-0.05, 0) is 36.8 Å². The monoisotopic (exact) mass is 440 g/mol. The van der Waals surface area contributed by atoms with Crippen molar-refractivity contribution in [3.63, 3.8) is 0 Å². The zero-order valence-electron chi connectivity index (χ0n) is 16.5. The number of ether oxygens (including phenoxy) is 1. The van der Waals surface area contributed by atoms with Gasteiger partial charge in [-0.2, -0.15) is 0 Å². The van der Waals surface area contributed by atoms with Crippen LogP contribution in [0, 0.1) is 0 Å². The van der Waals surface area contributed by atoms with E-state index < -0.39 is 0 Å². The summed E-state index contributed by atoms with van der Waals surface area (Å²) >= 11 is 2.78. The molecule has 0 radical (unpaired) electrons. The van der Waals surface area contributed by atoms with Crippen molar-refractivity contribution in [2.24, 2.45) is 0 Å². The number of pyridine rings is 1. The molecule has 0 bridgehead atoms. The summed E-state index contributed by atoms with van der Waals surface area (Å²) in [7, 11) is 1.62. The Bertz CT molecular complexity index is 1160. The fourth-order valence-electron chi connectivity index (χ4n) is 2.91. The van der Waals surface area contributed by atoms with Crippen LogP contribution in [0.2, 0.25) is 0 Å². The average molecular weight is 441 g/mol. The standard InChI is InChI=1S/C20H20N6O2S2/c1-3-10-26-18(13-6-8-21-9-7-13)24-25-20(26)29-12-17(27)23-19-22-15-5-4-14(28-2)11-16(15)30-19/h4-9,11H,3,10,12H2,1-2H3,(H,22,23,27). The Morgan fingerprint density at radius 3 is 2.83 bits per heavy atom. The molecule has 1 amide bonds. The van der Waals surface area contributed by atoms with E-state index in [1.165, 1.54) is 23.1 Å². The molecule has 0 spiro atoms. The largest absolute Gasteiger partial charge is 0.497 e. The zero-order valence-corrected chi connectivity index (χ0v) is 18.2. The van der Waals surface area contributed by atoms with Crippen LogP contribution in [0.25, 0.3) is 21.6 Å². The van der Waals surface area contributed by atoms with Crippen molar-refractivity contribution >= 4 is 44.4 Å². The fourth-order valence-corrected chi connectivity index (χ4v) is 4.58. The summed E-state index contributed by atoms with van der Waals surface area (Å²) < 4.78 is 8.23. The van der Waals surface area contributed by atoms with Gasteiger partial charge in [0.2, 0.25) is 5.91 Å². The van der Waals surface area contributed by atoms with E-state index in [2.05, 4.69) is 32.4 Å². The molecule has 0 aliphatic heterocycles. The van der Waals surface area contributed by atoms with Crippen LogP contribution in [-0.2, 0) is 11.3 Å². The second-order valence-corrected chi connectivity index (χ2v) is 8.36. The summed E-state index contributed by atoms with van der Waals surface area (Å²) in [5.41, 5.74) is 1.78. The van der Waals surface area contributed by atoms with E-state index in [4.69, 9.17) is 4.74 Å². The lowest BCUT2D eigenvalue weighted by Crippen LogP contribution is -2.14. The molecule has 1 aromatic carbocycles. The highest BCUT2D eigenvalue weighted by Crippen LogP contribution is 2.29. The van der Waals surface area contributed by atoms with Gasteiger partial charge in [-0.15, -0.1) is 10.2 Å². The van der Waals surface area contributed by atoms with Gasteiger partial charge in [-0.1, -0.05) is 30.0 Å². The second kappa shape index (κ2) is 9.23. The smallest absolute Gasteiger partial charge is 0.236 e. The molecule has 30 heavy (non-hydrogen) atoms. The van der Waals surface area contributed by atoms with E-state index in [9.17, 15) is 4.79 Å². The molecule has 0 saturated carbocycles. The number of aromatic nitrogens is 5. The molecule has 10 heteroatoms. The van der Waals surface area contributed by atoms with Crippen molar-refractivity contribution in [3.05, 3.63) is 42.7 Å². The molecule has 4 rings (SSSR count). The van der Waals surface area contributed by atoms with Crippen LogP contribution in [-0.4, -0.2) is 43.5 Å². The number of thiazole rings is 1. The Hall–Kier alpha value is -2.98. The van der Waals surface area contributed by atoms with Crippen LogP contribution in [0.4, 0.5) is 5.13 Å². The van der Waals surface area contributed by atoms with E-state index in [1.807, 2.05) is 34.9 Å². The third kappa shape index (κ3) is 4.44. The lowest BCUT2D eigenvalue weighted by molar-refractivity contribution is -0.113. The third-order valence-corrected chi connectivity index (χ3v) is 6.18. The molecule has 1 N–H and O–H groups in total. The van der Waals surface area contributed by atoms with Crippen LogP contribution in [0.1, 0.15) is 13.3 Å². The van der Waals surface area contributed by atoms with Crippen molar-refractivity contribution in [2.75, 3.05) is 18.2 Å². The van der Waals surface area contributed by atoms with E-state index in [0.717, 1.165) is 40.3 Å². The van der Waals surface area contributed by atoms with Gasteiger partial charge in [0.25, 0.3) is 0 Å². The van der Waals surface area contributed by atoms with Crippen LogP contribution >= 0.6 is 23.1 Å². The number of anilines is 1. The van der Waals surface area contributed by atoms with E-state index >= 15 is 0 Å². The molecule has 4 aromatic rings. The summed E-state index contributed by atoms with van der Waals surface area (Å²) in [6, 6.07) is 9.44. The molecule has 0 unspecified atom stereocenters. The number of benzene rings is 1. The first-order chi connectivity index (χ1) is 14.7. The molecule has 8 nitrogen and oxygen atoms in total. The van der Waals surface area contributed by atoms with Crippen LogP contribution < -0.4 is 10.1 Å². The molecule has 0 atom stereocenters. The molecule has 0 aliphatic carbocycles. The van der Waals surface area contributed by atoms with Gasteiger partial charge in [0.15, 0.2) is 16.1 Å². The van der Waals surface area contributed by atoms with Crippen LogP contribution in [0.15, 0.2) is 47.9 Å². The van der Waals surface area contributed by atoms with E-state index in [-0.39, 0.29) is 11.7 Å². The van der Waals surface area contributed by atoms with Crippen molar-refractivity contribution in [3.8, 4) is 17.1 Å². The van der Waals surface area contributed by atoms with Crippen molar-refractivity contribution in [1.82, 2.24) is 24.7 Å². The minimum Gasteiger partial charge on any atom is -0.497 e. The maximum Gasteiger partial charge on any atom is 0.236 e. The number of fused-ring (bicyclic) bond motifs is 1. The summed E-state index contributed by atoms with van der Waals surface area (Å²) in [5, 5.41) is 12.8. The van der Waals surface area contributed by atoms with Crippen molar-refractivity contribution in [1.29, 1.82) is 0 Å². The number of rotatable bonds is 8. The number of hydrogen-bond donors (Lipinski definition) is 1. The minimum atomic E-state index is -0.137. The zero-order chi connectivity index (χ0) is 20.9. The topological polar surface area (TPSA) is 94.8 Å².